The maximum Gasteiger partial charge on any atom is 0.268 e. The lowest BCUT2D eigenvalue weighted by Gasteiger charge is -2.28. The van der Waals surface area contributed by atoms with E-state index in [1.54, 1.807) is 6.92 Å². The van der Waals surface area contributed by atoms with Gasteiger partial charge in [0.1, 0.15) is 5.78 Å². The van der Waals surface area contributed by atoms with Gasteiger partial charge in [-0.1, -0.05) is 53.2 Å². The van der Waals surface area contributed by atoms with Gasteiger partial charge in [0.05, 0.1) is 5.92 Å². The van der Waals surface area contributed by atoms with Crippen LogP contribution in [0.5, 0.6) is 0 Å². The number of hydrogen-bond acceptors (Lipinski definition) is 3. The largest absolute Gasteiger partial charge is 0.299 e. The van der Waals surface area contributed by atoms with E-state index in [0.717, 1.165) is 41.2 Å². The van der Waals surface area contributed by atoms with Gasteiger partial charge in [-0.25, -0.2) is 5.26 Å². The lowest BCUT2D eigenvalue weighted by molar-refractivity contribution is -0.117. The molecule has 126 valence electrons. The van der Waals surface area contributed by atoms with Crippen molar-refractivity contribution in [3.63, 3.8) is 0 Å². The fraction of sp³-hybridized carbons (Fsp3) is 0.526. The molecule has 1 saturated heterocycles. The minimum absolute atomic E-state index is 0.105. The number of carbonyl (C=O) groups is 1. The number of ketones is 1. The van der Waals surface area contributed by atoms with Gasteiger partial charge in [0, 0.05) is 22.2 Å². The van der Waals surface area contributed by atoms with Crippen molar-refractivity contribution >= 4 is 34.1 Å². The van der Waals surface area contributed by atoms with E-state index in [4.69, 9.17) is 4.99 Å². The highest BCUT2D eigenvalue weighted by atomic mass is 79.9. The summed E-state index contributed by atoms with van der Waals surface area (Å²) in [5, 5.41) is 9.18. The third-order valence-electron chi connectivity index (χ3n) is 5.03. The van der Waals surface area contributed by atoms with Crippen LogP contribution in [0, 0.1) is 17.1 Å². The molecule has 24 heavy (non-hydrogen) atoms. The molecule has 1 fully saturated rings. The number of hydrogen-bond donors (Lipinski definition) is 0. The van der Waals surface area contributed by atoms with Gasteiger partial charge in [-0.3, -0.25) is 9.79 Å². The molecular formula is C19H24BBrN2O. The van der Waals surface area contributed by atoms with Gasteiger partial charge in [0.15, 0.2) is 0 Å². The third kappa shape index (κ3) is 4.57. The number of Topliss-reactive ketones (excluding diaryl/α,β-unsaturated/α-hetero) is 1. The highest BCUT2D eigenvalue weighted by Crippen LogP contribution is 2.31. The van der Waals surface area contributed by atoms with Crippen LogP contribution in [0.2, 0.25) is 12.6 Å². The zero-order chi connectivity index (χ0) is 17.7. The van der Waals surface area contributed by atoms with Crippen LogP contribution in [0.3, 0.4) is 0 Å². The Morgan fingerprint density at radius 1 is 1.42 bits per heavy atom. The second kappa shape index (κ2) is 8.62. The van der Waals surface area contributed by atoms with Crippen LogP contribution >= 0.6 is 15.9 Å². The molecule has 0 bridgehead atoms. The first kappa shape index (κ1) is 18.9. The number of carbonyl (C=O) groups excluding carboxylic acids is 1. The topological polar surface area (TPSA) is 53.2 Å². The number of rotatable bonds is 5. The Morgan fingerprint density at radius 3 is 2.75 bits per heavy atom. The summed E-state index contributed by atoms with van der Waals surface area (Å²) in [6, 6.07) is 7.98. The molecule has 0 saturated carbocycles. The highest BCUT2D eigenvalue weighted by Gasteiger charge is 2.30. The van der Waals surface area contributed by atoms with E-state index in [2.05, 4.69) is 28.8 Å². The van der Waals surface area contributed by atoms with E-state index < -0.39 is 0 Å². The molecule has 0 radical (unpaired) electrons. The lowest BCUT2D eigenvalue weighted by atomic mass is 9.40. The molecule has 1 aromatic rings. The molecule has 3 unspecified atom stereocenters. The zero-order valence-corrected chi connectivity index (χ0v) is 16.2. The summed E-state index contributed by atoms with van der Waals surface area (Å²) < 4.78 is 0.939. The SMILES string of the molecule is CC(=O)C(C(C)=NC(C)C1CCCB(C#N)C1)c1ccccc1Br. The van der Waals surface area contributed by atoms with E-state index in [1.165, 1.54) is 0 Å². The standard InChI is InChI=1S/C19H24BBrN2O/c1-13(16-7-6-10-20(11-16)12-22)23-14(2)19(15(3)24)17-8-4-5-9-18(17)21/h4-5,8-9,13,16,19H,6-7,10-11H2,1-3H3. The van der Waals surface area contributed by atoms with E-state index in [9.17, 15) is 10.1 Å². The maximum absolute atomic E-state index is 12.2. The summed E-state index contributed by atoms with van der Waals surface area (Å²) in [5.74, 6) is 2.64. The van der Waals surface area contributed by atoms with Gasteiger partial charge < -0.3 is 0 Å². The summed E-state index contributed by atoms with van der Waals surface area (Å²) in [6.07, 6.45) is 4.15. The molecule has 0 aliphatic carbocycles. The second-order valence-electron chi connectivity index (χ2n) is 6.83. The Labute approximate surface area is 153 Å². The predicted molar refractivity (Wildman–Crippen MR) is 104 cm³/mol. The molecule has 1 aliphatic heterocycles. The van der Waals surface area contributed by atoms with Crippen molar-refractivity contribution in [2.45, 2.75) is 58.2 Å². The molecule has 5 heteroatoms. The summed E-state index contributed by atoms with van der Waals surface area (Å²) >= 11 is 3.55. The van der Waals surface area contributed by atoms with Crippen molar-refractivity contribution in [1.82, 2.24) is 0 Å². The number of halogens is 1. The van der Waals surface area contributed by atoms with Crippen molar-refractivity contribution in [1.29, 1.82) is 5.26 Å². The van der Waals surface area contributed by atoms with Gasteiger partial charge in [-0.15, -0.1) is 0 Å². The molecule has 1 aromatic carbocycles. The lowest BCUT2D eigenvalue weighted by Crippen LogP contribution is -2.29. The first-order valence-corrected chi connectivity index (χ1v) is 9.42. The number of aliphatic imine (C=N–C) groups is 1. The average molecular weight is 387 g/mol. The smallest absolute Gasteiger partial charge is 0.268 e. The zero-order valence-electron chi connectivity index (χ0n) is 14.6. The summed E-state index contributed by atoms with van der Waals surface area (Å²) in [7, 11) is 0. The van der Waals surface area contributed by atoms with Crippen LogP contribution in [-0.2, 0) is 4.79 Å². The third-order valence-corrected chi connectivity index (χ3v) is 5.75. The Morgan fingerprint density at radius 2 is 2.12 bits per heavy atom. The van der Waals surface area contributed by atoms with E-state index in [-0.39, 0.29) is 24.5 Å². The van der Waals surface area contributed by atoms with Crippen molar-refractivity contribution in [3.05, 3.63) is 34.3 Å². The first-order valence-electron chi connectivity index (χ1n) is 8.62. The summed E-state index contributed by atoms with van der Waals surface area (Å²) in [4.78, 5) is 17.1. The van der Waals surface area contributed by atoms with Crippen molar-refractivity contribution in [2.24, 2.45) is 10.9 Å². The maximum atomic E-state index is 12.2. The van der Waals surface area contributed by atoms with Crippen molar-refractivity contribution in [2.75, 3.05) is 0 Å². The molecule has 1 heterocycles. The monoisotopic (exact) mass is 386 g/mol. The Kier molecular flexibility index (Phi) is 6.80. The minimum Gasteiger partial charge on any atom is -0.299 e. The molecule has 3 nitrogen and oxygen atoms in total. The van der Waals surface area contributed by atoms with E-state index >= 15 is 0 Å². The van der Waals surface area contributed by atoms with Crippen LogP contribution in [0.4, 0.5) is 0 Å². The van der Waals surface area contributed by atoms with E-state index in [1.807, 2.05) is 31.2 Å². The van der Waals surface area contributed by atoms with Gasteiger partial charge in [0.25, 0.3) is 6.71 Å². The fourth-order valence-corrected chi connectivity index (χ4v) is 4.25. The Balaban J connectivity index is 2.22. The van der Waals surface area contributed by atoms with Crippen molar-refractivity contribution < 1.29 is 4.79 Å². The van der Waals surface area contributed by atoms with Crippen LogP contribution in [0.1, 0.15) is 45.1 Å². The average Bonchev–Trinajstić information content (AvgIpc) is 2.56. The van der Waals surface area contributed by atoms with Gasteiger partial charge >= 0.3 is 0 Å². The summed E-state index contributed by atoms with van der Waals surface area (Å²) in [5.41, 5.74) is 1.83. The molecule has 0 amide bonds. The van der Waals surface area contributed by atoms with Gasteiger partial charge in [-0.2, -0.15) is 0 Å². The van der Waals surface area contributed by atoms with Crippen LogP contribution in [0.25, 0.3) is 0 Å². The normalized spacial score (nSPS) is 21.0. The van der Waals surface area contributed by atoms with E-state index in [0.29, 0.717) is 5.92 Å². The molecular weight excluding hydrogens is 363 g/mol. The highest BCUT2D eigenvalue weighted by molar-refractivity contribution is 9.10. The minimum atomic E-state index is -0.307. The molecule has 0 aromatic heterocycles. The van der Waals surface area contributed by atoms with Gasteiger partial charge in [0.2, 0.25) is 0 Å². The number of benzene rings is 1. The molecule has 3 atom stereocenters. The Bertz CT molecular complexity index is 668. The quantitative estimate of drug-likeness (QED) is 0.531. The molecule has 1 aliphatic rings. The summed E-state index contributed by atoms with van der Waals surface area (Å²) in [6.45, 7) is 5.85. The number of nitriles is 1. The number of nitrogens with zero attached hydrogens (tertiary/aromatic N) is 2. The Hall–Kier alpha value is -1.41. The molecule has 0 N–H and O–H groups in total. The van der Waals surface area contributed by atoms with Gasteiger partial charge in [-0.05, 0) is 44.7 Å². The first-order chi connectivity index (χ1) is 11.4. The molecule has 0 spiro atoms. The van der Waals surface area contributed by atoms with Crippen LogP contribution in [0.15, 0.2) is 33.7 Å². The van der Waals surface area contributed by atoms with Crippen LogP contribution < -0.4 is 0 Å². The fourth-order valence-electron chi connectivity index (χ4n) is 3.73. The van der Waals surface area contributed by atoms with Crippen LogP contribution in [-0.4, -0.2) is 24.2 Å². The second-order valence-corrected chi connectivity index (χ2v) is 7.68. The predicted octanol–water partition coefficient (Wildman–Crippen LogP) is 4.94. The van der Waals surface area contributed by atoms with Crippen molar-refractivity contribution in [3.8, 4) is 5.97 Å². The molecule has 2 rings (SSSR count).